The molecule has 0 N–H and O–H groups in total. The number of esters is 1. The maximum absolute atomic E-state index is 12.4. The molecule has 1 heterocycles. The van der Waals surface area contributed by atoms with Gasteiger partial charge in [0.2, 0.25) is 0 Å². The first kappa shape index (κ1) is 26.6. The average Bonchev–Trinajstić information content (AvgIpc) is 3.46. The smallest absolute Gasteiger partial charge is 0.306 e. The summed E-state index contributed by atoms with van der Waals surface area (Å²) in [5.41, 5.74) is 2.94. The summed E-state index contributed by atoms with van der Waals surface area (Å²) in [6, 6.07) is 40.0. The lowest BCUT2D eigenvalue weighted by molar-refractivity contribution is -0.143. The Kier molecular flexibility index (Phi) is 8.34. The number of aromatic nitrogens is 1. The van der Waals surface area contributed by atoms with E-state index in [1.807, 2.05) is 37.3 Å². The highest BCUT2D eigenvalue weighted by atomic mass is 31.2. The molecule has 0 saturated carbocycles. The molecule has 5 heteroatoms. The van der Waals surface area contributed by atoms with Crippen molar-refractivity contribution in [1.29, 1.82) is 0 Å². The molecule has 39 heavy (non-hydrogen) atoms. The van der Waals surface area contributed by atoms with Crippen LogP contribution in [-0.2, 0) is 16.0 Å². The summed E-state index contributed by atoms with van der Waals surface area (Å²) in [5.74, 6) is 0.311. The summed E-state index contributed by atoms with van der Waals surface area (Å²) < 4.78 is 11.3. The number of nitrogens with zero attached hydrogens (tertiary/aromatic N) is 1. The molecule has 5 aromatic rings. The van der Waals surface area contributed by atoms with Crippen LogP contribution in [0.15, 0.2) is 126 Å². The van der Waals surface area contributed by atoms with Gasteiger partial charge >= 0.3 is 5.97 Å². The van der Waals surface area contributed by atoms with Crippen molar-refractivity contribution in [3.63, 3.8) is 0 Å². The molecule has 0 radical (unpaired) electrons. The van der Waals surface area contributed by atoms with Crippen LogP contribution in [0.3, 0.4) is 0 Å². The molecule has 0 amide bonds. The van der Waals surface area contributed by atoms with Crippen molar-refractivity contribution in [2.45, 2.75) is 25.7 Å². The molecule has 0 aliphatic rings. The maximum atomic E-state index is 12.4. The Morgan fingerprint density at radius 3 is 2.00 bits per heavy atom. The van der Waals surface area contributed by atoms with Gasteiger partial charge in [0.1, 0.15) is 35.1 Å². The SMILES string of the molecule is CCOC(=O)CC(Cc1nc(-c2ccccc2[P+](C)(c2ccccc2)c2ccccc2)co1)c1ccccc1. The van der Waals surface area contributed by atoms with E-state index in [0.29, 0.717) is 18.9 Å². The van der Waals surface area contributed by atoms with Gasteiger partial charge in [-0.2, -0.15) is 0 Å². The molecular formula is C34H33NO3P+. The van der Waals surface area contributed by atoms with Crippen molar-refractivity contribution >= 4 is 29.1 Å². The van der Waals surface area contributed by atoms with Crippen LogP contribution >= 0.6 is 7.26 Å². The largest absolute Gasteiger partial charge is 0.466 e. The van der Waals surface area contributed by atoms with Gasteiger partial charge in [0.25, 0.3) is 0 Å². The summed E-state index contributed by atoms with van der Waals surface area (Å²) in [5, 5.41) is 3.88. The van der Waals surface area contributed by atoms with E-state index >= 15 is 0 Å². The second-order valence-electron chi connectivity index (χ2n) is 9.64. The Morgan fingerprint density at radius 1 is 0.821 bits per heavy atom. The highest BCUT2D eigenvalue weighted by Crippen LogP contribution is 2.53. The molecule has 4 aromatic carbocycles. The number of hydrogen-bond donors (Lipinski definition) is 0. The van der Waals surface area contributed by atoms with Gasteiger partial charge in [-0.3, -0.25) is 4.79 Å². The van der Waals surface area contributed by atoms with Crippen molar-refractivity contribution in [3.05, 3.63) is 133 Å². The molecule has 5 rings (SSSR count). The van der Waals surface area contributed by atoms with Gasteiger partial charge in [-0.25, -0.2) is 4.98 Å². The lowest BCUT2D eigenvalue weighted by atomic mass is 9.92. The van der Waals surface area contributed by atoms with Gasteiger partial charge in [0.05, 0.1) is 19.7 Å². The first-order chi connectivity index (χ1) is 19.1. The third kappa shape index (κ3) is 5.87. The van der Waals surface area contributed by atoms with Gasteiger partial charge in [-0.05, 0) is 48.9 Å². The number of carbonyl (C=O) groups is 1. The highest BCUT2D eigenvalue weighted by molar-refractivity contribution is 7.95. The number of benzene rings is 4. The standard InChI is InChI=1S/C34H33NO3P/c1-3-37-34(36)24-27(26-15-7-4-8-16-26)23-33-35-31(25-38-33)30-21-13-14-22-32(30)39(2,28-17-9-5-10-18-28)29-19-11-6-12-20-29/h4-22,25,27H,3,23-24H2,1-2H3/q+1. The van der Waals surface area contributed by atoms with E-state index in [1.165, 1.54) is 15.9 Å². The molecule has 196 valence electrons. The molecule has 0 fully saturated rings. The number of oxazole rings is 1. The minimum atomic E-state index is -1.97. The van der Waals surface area contributed by atoms with Crippen LogP contribution in [0, 0.1) is 0 Å². The molecular weight excluding hydrogens is 501 g/mol. The van der Waals surface area contributed by atoms with Crippen molar-refractivity contribution in [3.8, 4) is 11.3 Å². The van der Waals surface area contributed by atoms with Crippen LogP contribution in [0.2, 0.25) is 0 Å². The lowest BCUT2D eigenvalue weighted by Gasteiger charge is -2.24. The van der Waals surface area contributed by atoms with E-state index in [4.69, 9.17) is 14.1 Å². The van der Waals surface area contributed by atoms with Crippen molar-refractivity contribution in [2.24, 2.45) is 0 Å². The van der Waals surface area contributed by atoms with E-state index in [-0.39, 0.29) is 18.3 Å². The van der Waals surface area contributed by atoms with E-state index in [2.05, 4.69) is 91.6 Å². The fraction of sp³-hybridized carbons (Fsp3) is 0.176. The zero-order valence-corrected chi connectivity index (χ0v) is 23.3. The van der Waals surface area contributed by atoms with Crippen LogP contribution in [-0.4, -0.2) is 24.2 Å². The number of rotatable bonds is 10. The van der Waals surface area contributed by atoms with Crippen LogP contribution in [0.5, 0.6) is 0 Å². The third-order valence-electron chi connectivity index (χ3n) is 7.17. The number of ether oxygens (including phenoxy) is 1. The van der Waals surface area contributed by atoms with Crippen LogP contribution in [0.25, 0.3) is 11.3 Å². The molecule has 1 atom stereocenters. The number of carbonyl (C=O) groups excluding carboxylic acids is 1. The van der Waals surface area contributed by atoms with E-state index < -0.39 is 7.26 Å². The minimum Gasteiger partial charge on any atom is -0.466 e. The zero-order chi connectivity index (χ0) is 27.1. The first-order valence-electron chi connectivity index (χ1n) is 13.3. The normalized spacial score (nSPS) is 12.2. The molecule has 4 nitrogen and oxygen atoms in total. The van der Waals surface area contributed by atoms with E-state index in [9.17, 15) is 4.79 Å². The second kappa shape index (κ2) is 12.2. The molecule has 0 bridgehead atoms. The molecule has 0 aliphatic carbocycles. The maximum Gasteiger partial charge on any atom is 0.306 e. The first-order valence-corrected chi connectivity index (χ1v) is 15.6. The summed E-state index contributed by atoms with van der Waals surface area (Å²) >= 11 is 0. The molecule has 0 spiro atoms. The molecule has 1 unspecified atom stereocenters. The summed E-state index contributed by atoms with van der Waals surface area (Å²) in [7, 11) is -1.97. The quantitative estimate of drug-likeness (QED) is 0.151. The van der Waals surface area contributed by atoms with Gasteiger partial charge in [0, 0.05) is 17.9 Å². The van der Waals surface area contributed by atoms with E-state index in [1.54, 1.807) is 6.26 Å². The van der Waals surface area contributed by atoms with Crippen molar-refractivity contribution in [1.82, 2.24) is 4.98 Å². The summed E-state index contributed by atoms with van der Waals surface area (Å²) in [6.45, 7) is 4.57. The van der Waals surface area contributed by atoms with Gasteiger partial charge in [0.15, 0.2) is 5.89 Å². The Labute approximate surface area is 231 Å². The minimum absolute atomic E-state index is 0.0848. The van der Waals surface area contributed by atoms with Crippen LogP contribution in [0.4, 0.5) is 0 Å². The Hall–Kier alpha value is -4.01. The Balaban J connectivity index is 1.53. The van der Waals surface area contributed by atoms with Crippen molar-refractivity contribution in [2.75, 3.05) is 13.3 Å². The van der Waals surface area contributed by atoms with Crippen molar-refractivity contribution < 1.29 is 13.9 Å². The van der Waals surface area contributed by atoms with Crippen LogP contribution < -0.4 is 15.9 Å². The Morgan fingerprint density at radius 2 is 1.38 bits per heavy atom. The third-order valence-corrected chi connectivity index (χ3v) is 11.2. The molecule has 1 aromatic heterocycles. The van der Waals surface area contributed by atoms with Gasteiger partial charge < -0.3 is 9.15 Å². The average molecular weight is 535 g/mol. The summed E-state index contributed by atoms with van der Waals surface area (Å²) in [4.78, 5) is 17.4. The predicted molar refractivity (Wildman–Crippen MR) is 161 cm³/mol. The highest BCUT2D eigenvalue weighted by Gasteiger charge is 2.42. The number of hydrogen-bond acceptors (Lipinski definition) is 4. The monoisotopic (exact) mass is 534 g/mol. The van der Waals surface area contributed by atoms with Gasteiger partial charge in [-0.1, -0.05) is 78.9 Å². The Bertz CT molecular complexity index is 1460. The zero-order valence-electron chi connectivity index (χ0n) is 22.4. The van der Waals surface area contributed by atoms with Gasteiger partial charge in [-0.15, -0.1) is 0 Å². The van der Waals surface area contributed by atoms with Crippen LogP contribution in [0.1, 0.15) is 30.7 Å². The predicted octanol–water partition coefficient (Wildman–Crippen LogP) is 6.54. The second-order valence-corrected chi connectivity index (χ2v) is 13.2. The summed E-state index contributed by atoms with van der Waals surface area (Å²) in [6.07, 6.45) is 2.54. The lowest BCUT2D eigenvalue weighted by Crippen LogP contribution is -2.31. The molecule has 0 saturated heterocycles. The van der Waals surface area contributed by atoms with E-state index in [0.717, 1.165) is 16.8 Å². The fourth-order valence-electron chi connectivity index (χ4n) is 5.15. The topological polar surface area (TPSA) is 52.3 Å². The fourth-order valence-corrected chi connectivity index (χ4v) is 8.60. The molecule has 0 aliphatic heterocycles.